The van der Waals surface area contributed by atoms with Gasteiger partial charge in [-0.05, 0) is 30.5 Å². The van der Waals surface area contributed by atoms with Gasteiger partial charge in [-0.15, -0.1) is 0 Å². The number of methoxy groups -OCH3 is 1. The third kappa shape index (κ3) is 1.32. The number of carbonyl (C=O) groups excluding carboxylic acids is 1. The normalized spacial score (nSPS) is 14.6. The molecule has 74 valence electrons. The number of hydrogen-bond donors (Lipinski definition) is 1. The predicted molar refractivity (Wildman–Crippen MR) is 49.5 cm³/mol. The topological polar surface area (TPSA) is 42.1 Å². The quantitative estimate of drug-likeness (QED) is 0.697. The van der Waals surface area contributed by atoms with Crippen LogP contribution in [-0.4, -0.2) is 18.1 Å². The van der Waals surface area contributed by atoms with E-state index in [1.165, 1.54) is 13.2 Å². The van der Waals surface area contributed by atoms with Gasteiger partial charge in [-0.3, -0.25) is 0 Å². The Morgan fingerprint density at radius 2 is 2.43 bits per heavy atom. The van der Waals surface area contributed by atoms with Crippen molar-refractivity contribution in [2.45, 2.75) is 12.8 Å². The number of ether oxygens (including phenoxy) is 1. The van der Waals surface area contributed by atoms with Gasteiger partial charge in [0.25, 0.3) is 0 Å². The molecule has 1 aromatic heterocycles. The molecule has 0 fully saturated rings. The minimum absolute atomic E-state index is 0.290. The molecule has 0 radical (unpaired) electrons. The fraction of sp³-hybridized carbons (Fsp3) is 0.300. The number of rotatable bonds is 1. The molecular formula is C10H10FNO2. The van der Waals surface area contributed by atoms with Crippen LogP contribution < -0.4 is 0 Å². The van der Waals surface area contributed by atoms with Crippen LogP contribution >= 0.6 is 0 Å². The van der Waals surface area contributed by atoms with Crippen LogP contribution in [0.4, 0.5) is 4.39 Å². The molecule has 1 heterocycles. The molecule has 1 aliphatic rings. The number of H-pyrrole nitrogens is 1. The Morgan fingerprint density at radius 1 is 1.64 bits per heavy atom. The van der Waals surface area contributed by atoms with Crippen molar-refractivity contribution in [2.24, 2.45) is 0 Å². The van der Waals surface area contributed by atoms with Crippen LogP contribution in [0.15, 0.2) is 12.1 Å². The molecule has 0 saturated heterocycles. The number of hydrogen-bond acceptors (Lipinski definition) is 2. The van der Waals surface area contributed by atoms with Crippen molar-refractivity contribution < 1.29 is 13.9 Å². The molecule has 0 saturated carbocycles. The number of aryl methyl sites for hydroxylation is 1. The van der Waals surface area contributed by atoms with Gasteiger partial charge in [-0.25, -0.2) is 9.18 Å². The SMILES string of the molecule is COC(=O)c1cc2c([nH]1)C(F)=CCC2. The fourth-order valence-electron chi connectivity index (χ4n) is 1.58. The Hall–Kier alpha value is -1.58. The highest BCUT2D eigenvalue weighted by molar-refractivity contribution is 5.88. The zero-order valence-corrected chi connectivity index (χ0v) is 7.76. The second kappa shape index (κ2) is 3.29. The Morgan fingerprint density at radius 3 is 3.07 bits per heavy atom. The van der Waals surface area contributed by atoms with Gasteiger partial charge in [0, 0.05) is 0 Å². The van der Waals surface area contributed by atoms with Gasteiger partial charge in [0.15, 0.2) is 0 Å². The molecule has 3 nitrogen and oxygen atoms in total. The number of aromatic amines is 1. The summed E-state index contributed by atoms with van der Waals surface area (Å²) in [5.41, 5.74) is 1.56. The summed E-state index contributed by atoms with van der Waals surface area (Å²) in [4.78, 5) is 13.9. The molecule has 0 spiro atoms. The van der Waals surface area contributed by atoms with Crippen LogP contribution in [0.2, 0.25) is 0 Å². The molecule has 0 atom stereocenters. The first-order valence-corrected chi connectivity index (χ1v) is 4.38. The number of nitrogens with one attached hydrogen (secondary N) is 1. The number of fused-ring (bicyclic) bond motifs is 1. The number of allylic oxidation sites excluding steroid dienone is 1. The number of carbonyl (C=O) groups is 1. The maximum Gasteiger partial charge on any atom is 0.354 e. The molecule has 1 aliphatic carbocycles. The number of aromatic nitrogens is 1. The molecule has 2 rings (SSSR count). The Bertz CT molecular complexity index is 406. The van der Waals surface area contributed by atoms with E-state index in [9.17, 15) is 9.18 Å². The summed E-state index contributed by atoms with van der Waals surface area (Å²) in [5.74, 6) is -0.756. The minimum atomic E-state index is -0.466. The molecule has 4 heteroatoms. The van der Waals surface area contributed by atoms with Crippen molar-refractivity contribution in [1.29, 1.82) is 0 Å². The van der Waals surface area contributed by atoms with E-state index in [-0.39, 0.29) is 5.83 Å². The summed E-state index contributed by atoms with van der Waals surface area (Å²) in [6.45, 7) is 0. The monoisotopic (exact) mass is 195 g/mol. The standard InChI is InChI=1S/C10H10FNO2/c1-14-10(13)8-5-6-3-2-4-7(11)9(6)12-8/h4-5,12H,2-3H2,1H3. The van der Waals surface area contributed by atoms with Crippen LogP contribution in [0.1, 0.15) is 28.2 Å². The Labute approximate surface area is 80.6 Å². The fourth-order valence-corrected chi connectivity index (χ4v) is 1.58. The average molecular weight is 195 g/mol. The zero-order valence-electron chi connectivity index (χ0n) is 7.76. The van der Waals surface area contributed by atoms with Crippen molar-refractivity contribution in [3.63, 3.8) is 0 Å². The van der Waals surface area contributed by atoms with E-state index in [4.69, 9.17) is 0 Å². The van der Waals surface area contributed by atoms with Gasteiger partial charge in [0.2, 0.25) is 0 Å². The van der Waals surface area contributed by atoms with Crippen LogP contribution in [0.25, 0.3) is 5.83 Å². The third-order valence-electron chi connectivity index (χ3n) is 2.28. The molecule has 1 N–H and O–H groups in total. The summed E-state index contributed by atoms with van der Waals surface area (Å²) < 4.78 is 17.8. The lowest BCUT2D eigenvalue weighted by molar-refractivity contribution is 0.0595. The van der Waals surface area contributed by atoms with E-state index in [1.807, 2.05) is 0 Å². The van der Waals surface area contributed by atoms with E-state index < -0.39 is 5.97 Å². The van der Waals surface area contributed by atoms with Crippen molar-refractivity contribution in [3.8, 4) is 0 Å². The lowest BCUT2D eigenvalue weighted by Crippen LogP contribution is -2.01. The maximum atomic E-state index is 13.2. The molecule has 1 aromatic rings. The average Bonchev–Trinajstić information content (AvgIpc) is 2.62. The Balaban J connectivity index is 2.41. The summed E-state index contributed by atoms with van der Waals surface area (Å²) in [6, 6.07) is 1.65. The minimum Gasteiger partial charge on any atom is -0.464 e. The second-order valence-corrected chi connectivity index (χ2v) is 3.17. The van der Waals surface area contributed by atoms with Crippen molar-refractivity contribution >= 4 is 11.8 Å². The summed E-state index contributed by atoms with van der Waals surface area (Å²) in [6.07, 6.45) is 2.95. The second-order valence-electron chi connectivity index (χ2n) is 3.17. The summed E-state index contributed by atoms with van der Waals surface area (Å²) in [5, 5.41) is 0. The lowest BCUT2D eigenvalue weighted by atomic mass is 10.0. The van der Waals surface area contributed by atoms with Gasteiger partial charge in [0.1, 0.15) is 11.5 Å². The van der Waals surface area contributed by atoms with E-state index in [2.05, 4.69) is 9.72 Å². The van der Waals surface area contributed by atoms with Crippen molar-refractivity contribution in [1.82, 2.24) is 4.98 Å². The highest BCUT2D eigenvalue weighted by Crippen LogP contribution is 2.27. The van der Waals surface area contributed by atoms with Crippen LogP contribution in [0.3, 0.4) is 0 Å². The number of esters is 1. The van der Waals surface area contributed by atoms with E-state index >= 15 is 0 Å². The molecular weight excluding hydrogens is 185 g/mol. The van der Waals surface area contributed by atoms with Gasteiger partial charge in [-0.1, -0.05) is 0 Å². The summed E-state index contributed by atoms with van der Waals surface area (Å²) >= 11 is 0. The van der Waals surface area contributed by atoms with Crippen LogP contribution in [0, 0.1) is 0 Å². The zero-order chi connectivity index (χ0) is 10.1. The maximum absolute atomic E-state index is 13.2. The first kappa shape index (κ1) is 8.99. The van der Waals surface area contributed by atoms with Gasteiger partial charge < -0.3 is 9.72 Å². The summed E-state index contributed by atoms with van der Waals surface area (Å²) in [7, 11) is 1.30. The van der Waals surface area contributed by atoms with Crippen molar-refractivity contribution in [2.75, 3.05) is 7.11 Å². The molecule has 0 aromatic carbocycles. The molecule has 14 heavy (non-hydrogen) atoms. The number of halogens is 1. The van der Waals surface area contributed by atoms with Crippen LogP contribution in [-0.2, 0) is 11.2 Å². The van der Waals surface area contributed by atoms with Crippen LogP contribution in [0.5, 0.6) is 0 Å². The smallest absolute Gasteiger partial charge is 0.354 e. The highest BCUT2D eigenvalue weighted by atomic mass is 19.1. The highest BCUT2D eigenvalue weighted by Gasteiger charge is 2.18. The van der Waals surface area contributed by atoms with E-state index in [0.29, 0.717) is 17.8 Å². The molecule has 0 bridgehead atoms. The predicted octanol–water partition coefficient (Wildman–Crippen LogP) is 2.06. The molecule has 0 amide bonds. The molecule has 0 unspecified atom stereocenters. The van der Waals surface area contributed by atoms with Gasteiger partial charge >= 0.3 is 5.97 Å². The first-order valence-electron chi connectivity index (χ1n) is 4.38. The Kier molecular flexibility index (Phi) is 2.11. The first-order chi connectivity index (χ1) is 6.72. The lowest BCUT2D eigenvalue weighted by Gasteiger charge is -2.05. The van der Waals surface area contributed by atoms with Crippen molar-refractivity contribution in [3.05, 3.63) is 29.1 Å². The van der Waals surface area contributed by atoms with Gasteiger partial charge in [0.05, 0.1) is 12.8 Å². The van der Waals surface area contributed by atoms with E-state index in [0.717, 1.165) is 12.0 Å². The van der Waals surface area contributed by atoms with E-state index in [1.54, 1.807) is 6.07 Å². The largest absolute Gasteiger partial charge is 0.464 e. The van der Waals surface area contributed by atoms with Gasteiger partial charge in [-0.2, -0.15) is 0 Å². The molecule has 0 aliphatic heterocycles. The third-order valence-corrected chi connectivity index (χ3v) is 2.28.